The van der Waals surface area contributed by atoms with Crippen LogP contribution in [0.25, 0.3) is 0 Å². The molecule has 0 bridgehead atoms. The van der Waals surface area contributed by atoms with Crippen LogP contribution in [0, 0.1) is 35.4 Å². The average Bonchev–Trinajstić information content (AvgIpc) is 2.66. The number of carbonyl (C=O) groups excluding carboxylic acids is 1. The summed E-state index contributed by atoms with van der Waals surface area (Å²) >= 11 is 0. The Morgan fingerprint density at radius 3 is 2.46 bits per heavy atom. The molecule has 5 unspecified atom stereocenters. The van der Waals surface area contributed by atoms with Gasteiger partial charge in [-0.15, -0.1) is 0 Å². The van der Waals surface area contributed by atoms with Crippen LogP contribution in [-0.4, -0.2) is 13.1 Å². The molecule has 3 aliphatic carbocycles. The SMILES string of the molecule is COC(=O)c1cc(F)c2c(c1)CCC(C1CCC3CC(C)CCC3C1)C2. The Labute approximate surface area is 156 Å². The lowest BCUT2D eigenvalue weighted by Gasteiger charge is -2.44. The van der Waals surface area contributed by atoms with Gasteiger partial charge in [0.2, 0.25) is 0 Å². The lowest BCUT2D eigenvalue weighted by atomic mass is 9.61. The largest absolute Gasteiger partial charge is 0.465 e. The van der Waals surface area contributed by atoms with Gasteiger partial charge in [0, 0.05) is 0 Å². The van der Waals surface area contributed by atoms with Crippen molar-refractivity contribution in [3.05, 3.63) is 34.6 Å². The minimum absolute atomic E-state index is 0.215. The van der Waals surface area contributed by atoms with Crippen LogP contribution in [-0.2, 0) is 17.6 Å². The molecule has 4 rings (SSSR count). The molecular weight excluding hydrogens is 327 g/mol. The van der Waals surface area contributed by atoms with Crippen LogP contribution in [0.4, 0.5) is 4.39 Å². The second-order valence-corrected chi connectivity index (χ2v) is 9.10. The van der Waals surface area contributed by atoms with Gasteiger partial charge in [0.25, 0.3) is 0 Å². The molecule has 5 atom stereocenters. The molecule has 0 amide bonds. The van der Waals surface area contributed by atoms with Crippen molar-refractivity contribution in [2.24, 2.45) is 29.6 Å². The smallest absolute Gasteiger partial charge is 0.337 e. The van der Waals surface area contributed by atoms with Crippen LogP contribution < -0.4 is 0 Å². The number of aryl methyl sites for hydroxylation is 1. The van der Waals surface area contributed by atoms with Gasteiger partial charge in [-0.3, -0.25) is 0 Å². The van der Waals surface area contributed by atoms with Crippen molar-refractivity contribution in [2.75, 3.05) is 7.11 Å². The minimum Gasteiger partial charge on any atom is -0.465 e. The van der Waals surface area contributed by atoms with E-state index >= 15 is 0 Å². The van der Waals surface area contributed by atoms with Gasteiger partial charge in [0.1, 0.15) is 5.82 Å². The fourth-order valence-corrected chi connectivity index (χ4v) is 6.08. The van der Waals surface area contributed by atoms with Gasteiger partial charge in [-0.05, 0) is 104 Å². The number of halogens is 1. The summed E-state index contributed by atoms with van der Waals surface area (Å²) in [5.41, 5.74) is 2.22. The second kappa shape index (κ2) is 7.32. The first kappa shape index (κ1) is 18.0. The van der Waals surface area contributed by atoms with E-state index in [0.29, 0.717) is 11.5 Å². The van der Waals surface area contributed by atoms with Gasteiger partial charge in [0.05, 0.1) is 12.7 Å². The van der Waals surface area contributed by atoms with E-state index in [2.05, 4.69) is 6.92 Å². The van der Waals surface area contributed by atoms with Crippen LogP contribution in [0.15, 0.2) is 12.1 Å². The fourth-order valence-electron chi connectivity index (χ4n) is 6.08. The normalized spacial score (nSPS) is 33.9. The molecule has 1 aromatic rings. The number of carbonyl (C=O) groups is 1. The van der Waals surface area contributed by atoms with Gasteiger partial charge in [-0.1, -0.05) is 13.3 Å². The van der Waals surface area contributed by atoms with Gasteiger partial charge >= 0.3 is 5.97 Å². The highest BCUT2D eigenvalue weighted by molar-refractivity contribution is 5.89. The molecule has 2 fully saturated rings. The highest BCUT2D eigenvalue weighted by atomic mass is 19.1. The van der Waals surface area contributed by atoms with Crippen molar-refractivity contribution in [2.45, 2.75) is 64.7 Å². The van der Waals surface area contributed by atoms with E-state index in [1.165, 1.54) is 51.7 Å². The number of methoxy groups -OCH3 is 1. The number of esters is 1. The number of ether oxygens (including phenoxy) is 1. The van der Waals surface area contributed by atoms with Gasteiger partial charge in [-0.25, -0.2) is 9.18 Å². The van der Waals surface area contributed by atoms with E-state index in [1.807, 2.05) is 6.07 Å². The molecule has 0 spiro atoms. The van der Waals surface area contributed by atoms with Gasteiger partial charge < -0.3 is 4.74 Å². The first-order valence-electron chi connectivity index (χ1n) is 10.4. The number of hydrogen-bond donors (Lipinski definition) is 0. The minimum atomic E-state index is -0.446. The molecule has 1 aromatic carbocycles. The first-order valence-corrected chi connectivity index (χ1v) is 10.4. The summed E-state index contributed by atoms with van der Waals surface area (Å²) < 4.78 is 19.4. The summed E-state index contributed by atoms with van der Waals surface area (Å²) in [6.45, 7) is 2.41. The molecule has 0 aliphatic heterocycles. The lowest BCUT2D eigenvalue weighted by molar-refractivity contribution is 0.0599. The van der Waals surface area contributed by atoms with E-state index in [9.17, 15) is 9.18 Å². The Bertz CT molecular complexity index is 683. The van der Waals surface area contributed by atoms with Crippen LogP contribution in [0.5, 0.6) is 0 Å². The van der Waals surface area contributed by atoms with Crippen molar-refractivity contribution in [3.8, 4) is 0 Å². The van der Waals surface area contributed by atoms with Crippen LogP contribution in [0.3, 0.4) is 0 Å². The predicted molar refractivity (Wildman–Crippen MR) is 101 cm³/mol. The van der Waals surface area contributed by atoms with E-state index in [0.717, 1.165) is 54.1 Å². The molecule has 2 nitrogen and oxygen atoms in total. The lowest BCUT2D eigenvalue weighted by Crippen LogP contribution is -2.34. The van der Waals surface area contributed by atoms with Crippen molar-refractivity contribution in [1.29, 1.82) is 0 Å². The quantitative estimate of drug-likeness (QED) is 0.646. The maximum absolute atomic E-state index is 14.7. The zero-order valence-corrected chi connectivity index (χ0v) is 16.1. The third-order valence-corrected chi connectivity index (χ3v) is 7.54. The zero-order valence-electron chi connectivity index (χ0n) is 16.1. The molecule has 2 saturated carbocycles. The summed E-state index contributed by atoms with van der Waals surface area (Å²) in [7, 11) is 1.35. The Morgan fingerprint density at radius 2 is 1.69 bits per heavy atom. The van der Waals surface area contributed by atoms with Crippen molar-refractivity contribution < 1.29 is 13.9 Å². The Balaban J connectivity index is 1.46. The Hall–Kier alpha value is -1.38. The third kappa shape index (κ3) is 3.42. The molecule has 142 valence electrons. The molecular formula is C23H31FO2. The molecule has 3 aliphatic rings. The molecule has 26 heavy (non-hydrogen) atoms. The average molecular weight is 358 g/mol. The topological polar surface area (TPSA) is 26.3 Å². The van der Waals surface area contributed by atoms with Crippen molar-refractivity contribution in [1.82, 2.24) is 0 Å². The number of fused-ring (bicyclic) bond motifs is 2. The van der Waals surface area contributed by atoms with E-state index in [1.54, 1.807) is 0 Å². The predicted octanol–water partition coefficient (Wildman–Crippen LogP) is 5.57. The van der Waals surface area contributed by atoms with Crippen LogP contribution >= 0.6 is 0 Å². The summed E-state index contributed by atoms with van der Waals surface area (Å²) in [6, 6.07) is 3.21. The maximum Gasteiger partial charge on any atom is 0.337 e. The first-order chi connectivity index (χ1) is 12.5. The molecule has 0 aromatic heterocycles. The standard InChI is InChI=1S/C23H31FO2/c1-14-3-4-16-10-17(6-5-15(16)9-14)18-7-8-19-11-20(23(25)26-2)13-22(24)21(19)12-18/h11,13-18H,3-10,12H2,1-2H3. The highest BCUT2D eigenvalue weighted by Crippen LogP contribution is 2.48. The van der Waals surface area contributed by atoms with Gasteiger partial charge in [-0.2, -0.15) is 0 Å². The molecule has 0 N–H and O–H groups in total. The van der Waals surface area contributed by atoms with E-state index in [4.69, 9.17) is 4.74 Å². The second-order valence-electron chi connectivity index (χ2n) is 9.10. The molecule has 3 heteroatoms. The molecule has 0 radical (unpaired) electrons. The monoisotopic (exact) mass is 358 g/mol. The van der Waals surface area contributed by atoms with Crippen molar-refractivity contribution in [3.63, 3.8) is 0 Å². The number of rotatable bonds is 2. The van der Waals surface area contributed by atoms with E-state index in [-0.39, 0.29) is 5.82 Å². The summed E-state index contributed by atoms with van der Waals surface area (Å²) in [6.07, 6.45) is 11.2. The van der Waals surface area contributed by atoms with Gasteiger partial charge in [0.15, 0.2) is 0 Å². The zero-order chi connectivity index (χ0) is 18.3. The summed E-state index contributed by atoms with van der Waals surface area (Å²) in [5, 5.41) is 0. The van der Waals surface area contributed by atoms with Crippen LogP contribution in [0.1, 0.15) is 73.4 Å². The fraction of sp³-hybridized carbons (Fsp3) is 0.696. The summed E-state index contributed by atoms with van der Waals surface area (Å²) in [5.74, 6) is 3.49. The Kier molecular flexibility index (Phi) is 5.07. The third-order valence-electron chi connectivity index (χ3n) is 7.54. The Morgan fingerprint density at radius 1 is 1.00 bits per heavy atom. The molecule has 0 heterocycles. The number of hydrogen-bond acceptors (Lipinski definition) is 2. The molecule has 0 saturated heterocycles. The number of benzene rings is 1. The van der Waals surface area contributed by atoms with Crippen molar-refractivity contribution >= 4 is 5.97 Å². The van der Waals surface area contributed by atoms with E-state index < -0.39 is 5.97 Å². The van der Waals surface area contributed by atoms with Crippen LogP contribution in [0.2, 0.25) is 0 Å². The maximum atomic E-state index is 14.7. The summed E-state index contributed by atoms with van der Waals surface area (Å²) in [4.78, 5) is 11.7. The highest BCUT2D eigenvalue weighted by Gasteiger charge is 2.38.